The maximum absolute atomic E-state index is 11.9. The predicted octanol–water partition coefficient (Wildman–Crippen LogP) is 3.22. The fourth-order valence-electron chi connectivity index (χ4n) is 1.66. The van der Waals surface area contributed by atoms with Gasteiger partial charge in [0.15, 0.2) is 5.78 Å². The van der Waals surface area contributed by atoms with Crippen LogP contribution >= 0.6 is 15.9 Å². The quantitative estimate of drug-likeness (QED) is 0.774. The van der Waals surface area contributed by atoms with Gasteiger partial charge >= 0.3 is 0 Å². The highest BCUT2D eigenvalue weighted by molar-refractivity contribution is 9.10. The minimum Gasteiger partial charge on any atom is -0.299 e. The largest absolute Gasteiger partial charge is 0.299 e. The monoisotopic (exact) mass is 283 g/mol. The van der Waals surface area contributed by atoms with Crippen molar-refractivity contribution in [1.29, 1.82) is 0 Å². The van der Waals surface area contributed by atoms with E-state index in [-0.39, 0.29) is 5.78 Å². The molecule has 0 aromatic heterocycles. The lowest BCUT2D eigenvalue weighted by molar-refractivity contribution is 0.0940. The Morgan fingerprint density at radius 3 is 2.38 bits per heavy atom. The molecule has 1 rings (SSSR count). The van der Waals surface area contributed by atoms with Crippen molar-refractivity contribution in [3.8, 4) is 0 Å². The van der Waals surface area contributed by atoms with E-state index in [0.29, 0.717) is 12.5 Å². The molecule has 3 heteroatoms. The van der Waals surface area contributed by atoms with Gasteiger partial charge in [-0.3, -0.25) is 9.69 Å². The number of hydrogen-bond acceptors (Lipinski definition) is 2. The average molecular weight is 284 g/mol. The first kappa shape index (κ1) is 13.4. The number of benzene rings is 1. The molecule has 0 amide bonds. The Bertz CT molecular complexity index is 345. The van der Waals surface area contributed by atoms with Crippen LogP contribution in [-0.2, 0) is 0 Å². The number of carbonyl (C=O) groups is 1. The van der Waals surface area contributed by atoms with E-state index in [9.17, 15) is 4.79 Å². The molecule has 0 saturated heterocycles. The number of Topliss-reactive ketones (excluding diaryl/α,β-unsaturated/α-hetero) is 1. The fourth-order valence-corrected chi connectivity index (χ4v) is 1.92. The van der Waals surface area contributed by atoms with Crippen LogP contribution < -0.4 is 0 Å². The van der Waals surface area contributed by atoms with E-state index in [1.807, 2.05) is 31.3 Å². The molecule has 0 atom stereocenters. The van der Waals surface area contributed by atoms with Gasteiger partial charge in [0.1, 0.15) is 0 Å². The number of ketones is 1. The van der Waals surface area contributed by atoms with Crippen molar-refractivity contribution >= 4 is 21.7 Å². The van der Waals surface area contributed by atoms with Gasteiger partial charge in [-0.15, -0.1) is 0 Å². The van der Waals surface area contributed by atoms with E-state index in [0.717, 1.165) is 16.6 Å². The number of nitrogens with zero attached hydrogens (tertiary/aromatic N) is 1. The zero-order chi connectivity index (χ0) is 12.1. The van der Waals surface area contributed by atoms with Crippen molar-refractivity contribution < 1.29 is 4.79 Å². The summed E-state index contributed by atoms with van der Waals surface area (Å²) in [5.74, 6) is 0.762. The first-order valence-corrected chi connectivity index (χ1v) is 6.25. The molecular weight excluding hydrogens is 266 g/mol. The molecule has 0 unspecified atom stereocenters. The Morgan fingerprint density at radius 1 is 1.31 bits per heavy atom. The van der Waals surface area contributed by atoms with E-state index >= 15 is 0 Å². The second kappa shape index (κ2) is 6.16. The zero-order valence-corrected chi connectivity index (χ0v) is 11.6. The standard InChI is InChI=1S/C13H18BrNO/c1-10(2)8-15(3)9-13(16)11-4-6-12(14)7-5-11/h4-7,10H,8-9H2,1-3H3. The summed E-state index contributed by atoms with van der Waals surface area (Å²) in [6.07, 6.45) is 0. The Hall–Kier alpha value is -0.670. The van der Waals surface area contributed by atoms with Gasteiger partial charge in [0, 0.05) is 16.6 Å². The molecule has 0 aliphatic heterocycles. The smallest absolute Gasteiger partial charge is 0.176 e. The lowest BCUT2D eigenvalue weighted by atomic mass is 10.1. The number of hydrogen-bond donors (Lipinski definition) is 0. The van der Waals surface area contributed by atoms with Crippen LogP contribution in [0.15, 0.2) is 28.7 Å². The lowest BCUT2D eigenvalue weighted by Gasteiger charge is -2.17. The SMILES string of the molecule is CC(C)CN(C)CC(=O)c1ccc(Br)cc1. The molecule has 1 aromatic carbocycles. The van der Waals surface area contributed by atoms with Gasteiger partial charge in [-0.1, -0.05) is 41.9 Å². The van der Waals surface area contributed by atoms with Crippen molar-refractivity contribution in [2.75, 3.05) is 20.1 Å². The zero-order valence-electron chi connectivity index (χ0n) is 10.0. The third-order valence-electron chi connectivity index (χ3n) is 2.26. The molecule has 0 aliphatic carbocycles. The minimum atomic E-state index is 0.177. The molecule has 0 radical (unpaired) electrons. The van der Waals surface area contributed by atoms with Gasteiger partial charge in [0.2, 0.25) is 0 Å². The molecule has 0 N–H and O–H groups in total. The van der Waals surface area contributed by atoms with Crippen molar-refractivity contribution in [2.24, 2.45) is 5.92 Å². The van der Waals surface area contributed by atoms with E-state index in [1.165, 1.54) is 0 Å². The number of rotatable bonds is 5. The number of halogens is 1. The van der Waals surface area contributed by atoms with E-state index in [1.54, 1.807) is 0 Å². The number of likely N-dealkylation sites (N-methyl/N-ethyl adjacent to an activating group) is 1. The van der Waals surface area contributed by atoms with E-state index < -0.39 is 0 Å². The van der Waals surface area contributed by atoms with E-state index in [4.69, 9.17) is 0 Å². The van der Waals surface area contributed by atoms with Crippen LogP contribution in [0, 0.1) is 5.92 Å². The summed E-state index contributed by atoms with van der Waals surface area (Å²) in [5.41, 5.74) is 0.777. The maximum Gasteiger partial charge on any atom is 0.176 e. The van der Waals surface area contributed by atoms with Crippen molar-refractivity contribution in [1.82, 2.24) is 4.90 Å². The molecule has 0 saturated carbocycles. The third kappa shape index (κ3) is 4.45. The first-order chi connectivity index (χ1) is 7.49. The molecule has 0 heterocycles. The summed E-state index contributed by atoms with van der Waals surface area (Å²) in [4.78, 5) is 14.0. The lowest BCUT2D eigenvalue weighted by Crippen LogP contribution is -2.29. The molecule has 1 aromatic rings. The Balaban J connectivity index is 2.55. The highest BCUT2D eigenvalue weighted by Gasteiger charge is 2.09. The normalized spacial score (nSPS) is 11.1. The fraction of sp³-hybridized carbons (Fsp3) is 0.462. The molecule has 16 heavy (non-hydrogen) atoms. The Kier molecular flexibility index (Phi) is 5.16. The van der Waals surface area contributed by atoms with Crippen molar-refractivity contribution in [3.63, 3.8) is 0 Å². The molecule has 2 nitrogen and oxygen atoms in total. The van der Waals surface area contributed by atoms with Gasteiger partial charge in [-0.25, -0.2) is 0 Å². The number of carbonyl (C=O) groups excluding carboxylic acids is 1. The maximum atomic E-state index is 11.9. The topological polar surface area (TPSA) is 20.3 Å². The van der Waals surface area contributed by atoms with E-state index in [2.05, 4.69) is 34.7 Å². The minimum absolute atomic E-state index is 0.177. The van der Waals surface area contributed by atoms with Gasteiger partial charge in [0.25, 0.3) is 0 Å². The summed E-state index contributed by atoms with van der Waals surface area (Å²) in [6, 6.07) is 7.51. The molecule has 0 aliphatic rings. The van der Waals surface area contributed by atoms with Gasteiger partial charge in [0.05, 0.1) is 6.54 Å². The summed E-state index contributed by atoms with van der Waals surface area (Å²) < 4.78 is 1.000. The highest BCUT2D eigenvalue weighted by atomic mass is 79.9. The van der Waals surface area contributed by atoms with Gasteiger partial charge < -0.3 is 0 Å². The second-order valence-corrected chi connectivity index (χ2v) is 5.44. The molecule has 88 valence electrons. The Labute approximate surface area is 106 Å². The second-order valence-electron chi connectivity index (χ2n) is 4.52. The molecule has 0 spiro atoms. The average Bonchev–Trinajstić information content (AvgIpc) is 2.16. The van der Waals surface area contributed by atoms with Crippen LogP contribution in [0.1, 0.15) is 24.2 Å². The molecular formula is C13H18BrNO. The summed E-state index contributed by atoms with van der Waals surface area (Å²) in [6.45, 7) is 5.74. The van der Waals surface area contributed by atoms with Gasteiger partial charge in [-0.2, -0.15) is 0 Å². The first-order valence-electron chi connectivity index (χ1n) is 5.46. The predicted molar refractivity (Wildman–Crippen MR) is 70.8 cm³/mol. The van der Waals surface area contributed by atoms with Crippen LogP contribution in [0.25, 0.3) is 0 Å². The van der Waals surface area contributed by atoms with Crippen LogP contribution in [-0.4, -0.2) is 30.8 Å². The summed E-state index contributed by atoms with van der Waals surface area (Å²) in [5, 5.41) is 0. The summed E-state index contributed by atoms with van der Waals surface area (Å²) in [7, 11) is 1.98. The van der Waals surface area contributed by atoms with Crippen LogP contribution in [0.3, 0.4) is 0 Å². The van der Waals surface area contributed by atoms with Crippen LogP contribution in [0.5, 0.6) is 0 Å². The summed E-state index contributed by atoms with van der Waals surface area (Å²) >= 11 is 3.36. The van der Waals surface area contributed by atoms with Crippen LogP contribution in [0.2, 0.25) is 0 Å². The highest BCUT2D eigenvalue weighted by Crippen LogP contribution is 2.11. The van der Waals surface area contributed by atoms with Gasteiger partial charge in [-0.05, 0) is 25.1 Å². The Morgan fingerprint density at radius 2 is 1.88 bits per heavy atom. The third-order valence-corrected chi connectivity index (χ3v) is 2.79. The molecule has 0 fully saturated rings. The van der Waals surface area contributed by atoms with Crippen molar-refractivity contribution in [2.45, 2.75) is 13.8 Å². The molecule has 0 bridgehead atoms. The van der Waals surface area contributed by atoms with Crippen molar-refractivity contribution in [3.05, 3.63) is 34.3 Å². The van der Waals surface area contributed by atoms with Crippen LogP contribution in [0.4, 0.5) is 0 Å².